The minimum absolute atomic E-state index is 0.0786. The van der Waals surface area contributed by atoms with Crippen molar-refractivity contribution in [2.75, 3.05) is 26.6 Å². The fourth-order valence-corrected chi connectivity index (χ4v) is 3.56. The van der Waals surface area contributed by atoms with Gasteiger partial charge in [-0.3, -0.25) is 4.79 Å². The van der Waals surface area contributed by atoms with E-state index in [-0.39, 0.29) is 39.7 Å². The monoisotopic (exact) mass is 506 g/mol. The summed E-state index contributed by atoms with van der Waals surface area (Å²) in [4.78, 5) is 17.2. The molecule has 2 heterocycles. The number of hydrogen-bond acceptors (Lipinski definition) is 6. The molecule has 0 saturated heterocycles. The Bertz CT molecular complexity index is 1380. The van der Waals surface area contributed by atoms with E-state index in [1.54, 1.807) is 24.3 Å². The number of nitrogens with one attached hydrogen (secondary N) is 1. The van der Waals surface area contributed by atoms with Gasteiger partial charge in [-0.1, -0.05) is 11.6 Å². The molecule has 182 valence electrons. The second-order valence-electron chi connectivity index (χ2n) is 7.19. The van der Waals surface area contributed by atoms with Crippen molar-refractivity contribution in [3.8, 4) is 28.5 Å². The molecule has 4 aromatic rings. The highest BCUT2D eigenvalue weighted by molar-refractivity contribution is 6.30. The Balaban J connectivity index is 1.88. The molecule has 0 aliphatic rings. The van der Waals surface area contributed by atoms with Crippen LogP contribution in [0.1, 0.15) is 16.1 Å². The molecule has 4 rings (SSSR count). The number of benzene rings is 2. The lowest BCUT2D eigenvalue weighted by molar-refractivity contribution is -0.142. The quantitative estimate of drug-likeness (QED) is 0.379. The third-order valence-electron chi connectivity index (χ3n) is 5.07. The second kappa shape index (κ2) is 9.34. The number of carbonyl (C=O) groups is 1. The van der Waals surface area contributed by atoms with E-state index in [1.165, 1.54) is 33.5 Å². The van der Waals surface area contributed by atoms with Gasteiger partial charge in [-0.25, -0.2) is 9.50 Å². The van der Waals surface area contributed by atoms with Gasteiger partial charge in [-0.15, -0.1) is 0 Å². The van der Waals surface area contributed by atoms with E-state index in [1.807, 2.05) is 0 Å². The maximum absolute atomic E-state index is 13.9. The van der Waals surface area contributed by atoms with Crippen molar-refractivity contribution in [3.63, 3.8) is 0 Å². The summed E-state index contributed by atoms with van der Waals surface area (Å²) < 4.78 is 58.3. The third kappa shape index (κ3) is 4.67. The Hall–Kier alpha value is -3.99. The molecule has 12 heteroatoms. The third-order valence-corrected chi connectivity index (χ3v) is 5.32. The van der Waals surface area contributed by atoms with Crippen molar-refractivity contribution >= 4 is 28.8 Å². The van der Waals surface area contributed by atoms with Gasteiger partial charge in [0.1, 0.15) is 5.56 Å². The van der Waals surface area contributed by atoms with Crippen LogP contribution in [-0.4, -0.2) is 41.8 Å². The molecule has 0 radical (unpaired) electrons. The van der Waals surface area contributed by atoms with Crippen LogP contribution < -0.4 is 19.5 Å². The van der Waals surface area contributed by atoms with Gasteiger partial charge < -0.3 is 19.5 Å². The summed E-state index contributed by atoms with van der Waals surface area (Å²) in [6, 6.07) is 10.0. The number of alkyl halides is 3. The summed E-state index contributed by atoms with van der Waals surface area (Å²) in [5, 5.41) is 6.84. The lowest BCUT2D eigenvalue weighted by Crippen LogP contribution is -2.15. The first-order chi connectivity index (χ1) is 16.7. The lowest BCUT2D eigenvalue weighted by atomic mass is 10.1. The smallest absolute Gasteiger partial charge is 0.433 e. The van der Waals surface area contributed by atoms with E-state index in [4.69, 9.17) is 25.8 Å². The number of halogens is 4. The van der Waals surface area contributed by atoms with Gasteiger partial charge in [0.25, 0.3) is 5.91 Å². The van der Waals surface area contributed by atoms with Crippen LogP contribution in [0.4, 0.5) is 18.9 Å². The predicted molar refractivity (Wildman–Crippen MR) is 122 cm³/mol. The standard InChI is InChI=1S/C23H18ClF3N4O4/c1-33-17-8-12(9-18(34-2)20(17)35-3)16-10-19(23(25,26)27)31-21(30-16)15(11-28-31)22(32)29-14-6-4-13(24)5-7-14/h4-11H,1-3H3,(H,29,32). The van der Waals surface area contributed by atoms with E-state index in [2.05, 4.69) is 15.4 Å². The molecule has 0 saturated carbocycles. The number of anilines is 1. The van der Waals surface area contributed by atoms with Crippen LogP contribution in [0.5, 0.6) is 17.2 Å². The van der Waals surface area contributed by atoms with Crippen LogP contribution in [0.2, 0.25) is 5.02 Å². The molecule has 0 aliphatic heterocycles. The van der Waals surface area contributed by atoms with Gasteiger partial charge in [-0.2, -0.15) is 18.3 Å². The summed E-state index contributed by atoms with van der Waals surface area (Å²) in [5.74, 6) is 0.0332. The average Bonchev–Trinajstić information content (AvgIpc) is 3.27. The van der Waals surface area contributed by atoms with Gasteiger partial charge in [0.15, 0.2) is 22.8 Å². The van der Waals surface area contributed by atoms with Crippen molar-refractivity contribution in [2.45, 2.75) is 6.18 Å². The number of fused-ring (bicyclic) bond motifs is 1. The van der Waals surface area contributed by atoms with Gasteiger partial charge >= 0.3 is 6.18 Å². The van der Waals surface area contributed by atoms with Crippen molar-refractivity contribution < 1.29 is 32.2 Å². The molecule has 0 bridgehead atoms. The van der Waals surface area contributed by atoms with Crippen molar-refractivity contribution in [2.24, 2.45) is 0 Å². The van der Waals surface area contributed by atoms with Gasteiger partial charge in [-0.05, 0) is 42.5 Å². The Morgan fingerprint density at radius 2 is 1.63 bits per heavy atom. The Labute approximate surface area is 202 Å². The molecule has 1 N–H and O–H groups in total. The van der Waals surface area contributed by atoms with E-state index in [9.17, 15) is 18.0 Å². The van der Waals surface area contributed by atoms with Crippen LogP contribution >= 0.6 is 11.6 Å². The molecule has 0 atom stereocenters. The molecule has 0 unspecified atom stereocenters. The molecule has 8 nitrogen and oxygen atoms in total. The molecule has 35 heavy (non-hydrogen) atoms. The Morgan fingerprint density at radius 3 is 2.17 bits per heavy atom. The summed E-state index contributed by atoms with van der Waals surface area (Å²) in [6.45, 7) is 0. The summed E-state index contributed by atoms with van der Waals surface area (Å²) in [5.41, 5.74) is -0.981. The molecule has 0 spiro atoms. The normalized spacial score (nSPS) is 11.4. The number of amides is 1. The van der Waals surface area contributed by atoms with E-state index < -0.39 is 17.8 Å². The zero-order chi connectivity index (χ0) is 25.3. The molecule has 1 amide bonds. The fraction of sp³-hybridized carbons (Fsp3) is 0.174. The molecule has 2 aromatic heterocycles. The van der Waals surface area contributed by atoms with E-state index in [0.29, 0.717) is 15.2 Å². The average molecular weight is 507 g/mol. The molecule has 0 fully saturated rings. The number of nitrogens with zero attached hydrogens (tertiary/aromatic N) is 3. The second-order valence-corrected chi connectivity index (χ2v) is 7.63. The number of methoxy groups -OCH3 is 3. The summed E-state index contributed by atoms with van der Waals surface area (Å²) in [6.07, 6.45) is -3.76. The van der Waals surface area contributed by atoms with Gasteiger partial charge in [0, 0.05) is 16.3 Å². The SMILES string of the molecule is COc1cc(-c2cc(C(F)(F)F)n3ncc(C(=O)Nc4ccc(Cl)cc4)c3n2)cc(OC)c1OC. The first kappa shape index (κ1) is 24.1. The summed E-state index contributed by atoms with van der Waals surface area (Å²) >= 11 is 5.86. The maximum Gasteiger partial charge on any atom is 0.433 e. The first-order valence-electron chi connectivity index (χ1n) is 9.99. The van der Waals surface area contributed by atoms with Crippen LogP contribution in [0.3, 0.4) is 0 Å². The highest BCUT2D eigenvalue weighted by atomic mass is 35.5. The van der Waals surface area contributed by atoms with Gasteiger partial charge in [0.05, 0.1) is 33.2 Å². The van der Waals surface area contributed by atoms with Gasteiger partial charge in [0.2, 0.25) is 5.75 Å². The minimum Gasteiger partial charge on any atom is -0.493 e. The number of hydrogen-bond donors (Lipinski definition) is 1. The molecule has 0 aliphatic carbocycles. The molecular formula is C23H18ClF3N4O4. The largest absolute Gasteiger partial charge is 0.493 e. The fourth-order valence-electron chi connectivity index (χ4n) is 3.43. The molecular weight excluding hydrogens is 489 g/mol. The number of rotatable bonds is 6. The molecule has 2 aromatic carbocycles. The predicted octanol–water partition coefficient (Wildman–Crippen LogP) is 5.35. The van der Waals surface area contributed by atoms with Crippen molar-refractivity contribution in [1.82, 2.24) is 14.6 Å². The Kier molecular flexibility index (Phi) is 6.44. The van der Waals surface area contributed by atoms with E-state index in [0.717, 1.165) is 12.3 Å². The lowest BCUT2D eigenvalue weighted by Gasteiger charge is -2.15. The van der Waals surface area contributed by atoms with Crippen LogP contribution in [0.25, 0.3) is 16.9 Å². The minimum atomic E-state index is -4.79. The number of carbonyl (C=O) groups excluding carboxylic acids is 1. The number of ether oxygens (including phenoxy) is 3. The van der Waals surface area contributed by atoms with Crippen molar-refractivity contribution in [3.05, 3.63) is 64.9 Å². The summed E-state index contributed by atoms with van der Waals surface area (Å²) in [7, 11) is 4.17. The van der Waals surface area contributed by atoms with E-state index >= 15 is 0 Å². The first-order valence-corrected chi connectivity index (χ1v) is 10.4. The highest BCUT2D eigenvalue weighted by Gasteiger charge is 2.36. The zero-order valence-electron chi connectivity index (χ0n) is 18.6. The van der Waals surface area contributed by atoms with Crippen LogP contribution in [0.15, 0.2) is 48.7 Å². The maximum atomic E-state index is 13.9. The van der Waals surface area contributed by atoms with Crippen molar-refractivity contribution in [1.29, 1.82) is 0 Å². The number of aromatic nitrogens is 3. The highest BCUT2D eigenvalue weighted by Crippen LogP contribution is 2.42. The zero-order valence-corrected chi connectivity index (χ0v) is 19.4. The van der Waals surface area contributed by atoms with Crippen LogP contribution in [-0.2, 0) is 6.18 Å². The van der Waals surface area contributed by atoms with Crippen LogP contribution in [0, 0.1) is 0 Å². The topological polar surface area (TPSA) is 87.0 Å². The Morgan fingerprint density at radius 1 is 1.00 bits per heavy atom.